The molecule has 100 valence electrons. The maximum Gasteiger partial charge on any atom is 0.263 e. The lowest BCUT2D eigenvalue weighted by atomic mass is 10.0. The predicted molar refractivity (Wildman–Crippen MR) is 65.2 cm³/mol. The van der Waals surface area contributed by atoms with Crippen molar-refractivity contribution in [2.75, 3.05) is 13.1 Å². The Morgan fingerprint density at radius 1 is 1.11 bits per heavy atom. The zero-order valence-electron chi connectivity index (χ0n) is 10.5. The third kappa shape index (κ3) is 2.86. The highest BCUT2D eigenvalue weighted by Crippen LogP contribution is 2.29. The first-order chi connectivity index (χ1) is 8.59. The van der Waals surface area contributed by atoms with Crippen LogP contribution in [0.1, 0.15) is 49.8 Å². The number of likely N-dealkylation sites (tertiary alicyclic amines) is 1. The van der Waals surface area contributed by atoms with Crippen LogP contribution in [0, 0.1) is 5.82 Å². The fraction of sp³-hybridized carbons (Fsp3) is 0.571. The molecule has 0 unspecified atom stereocenters. The molecule has 1 nitrogen and oxygen atoms in total. The first-order valence-electron chi connectivity index (χ1n) is 6.41. The van der Waals surface area contributed by atoms with Crippen molar-refractivity contribution >= 4 is 0 Å². The van der Waals surface area contributed by atoms with E-state index in [1.807, 2.05) is 6.92 Å². The van der Waals surface area contributed by atoms with Gasteiger partial charge in [-0.15, -0.1) is 0 Å². The van der Waals surface area contributed by atoms with Gasteiger partial charge in [0.15, 0.2) is 0 Å². The van der Waals surface area contributed by atoms with E-state index in [4.69, 9.17) is 0 Å². The van der Waals surface area contributed by atoms with Gasteiger partial charge in [-0.25, -0.2) is 13.2 Å². The summed E-state index contributed by atoms with van der Waals surface area (Å²) in [7, 11) is 0. The third-order valence-corrected chi connectivity index (χ3v) is 3.66. The van der Waals surface area contributed by atoms with Crippen LogP contribution in [0.2, 0.25) is 0 Å². The van der Waals surface area contributed by atoms with Gasteiger partial charge in [-0.05, 0) is 45.0 Å². The quantitative estimate of drug-likeness (QED) is 0.780. The van der Waals surface area contributed by atoms with Crippen LogP contribution in [0.3, 0.4) is 0 Å². The highest BCUT2D eigenvalue weighted by molar-refractivity contribution is 5.28. The number of rotatable bonds is 3. The van der Waals surface area contributed by atoms with E-state index in [1.165, 1.54) is 12.5 Å². The molecule has 4 heteroatoms. The standard InChI is InChI=1S/C14H18F3N/c1-10(18-7-3-2-4-8-18)12-9-11(14(16)17)5-6-13(12)15/h5-6,9-10,14H,2-4,7-8H2,1H3/t10-/m1/s1. The second-order valence-electron chi connectivity index (χ2n) is 4.85. The summed E-state index contributed by atoms with van der Waals surface area (Å²) in [4.78, 5) is 2.16. The molecule has 1 aromatic rings. The van der Waals surface area contributed by atoms with Crippen LogP contribution in [0.4, 0.5) is 13.2 Å². The van der Waals surface area contributed by atoms with Gasteiger partial charge in [0.05, 0.1) is 0 Å². The molecule has 1 heterocycles. The zero-order chi connectivity index (χ0) is 13.1. The van der Waals surface area contributed by atoms with Crippen LogP contribution in [0.15, 0.2) is 18.2 Å². The summed E-state index contributed by atoms with van der Waals surface area (Å²) in [6.07, 6.45) is 0.849. The number of nitrogens with zero attached hydrogens (tertiary/aromatic N) is 1. The van der Waals surface area contributed by atoms with Crippen molar-refractivity contribution in [3.05, 3.63) is 35.1 Å². The number of halogens is 3. The van der Waals surface area contributed by atoms with E-state index >= 15 is 0 Å². The first-order valence-corrected chi connectivity index (χ1v) is 6.41. The van der Waals surface area contributed by atoms with Crippen molar-refractivity contribution in [1.29, 1.82) is 0 Å². The number of piperidine rings is 1. The van der Waals surface area contributed by atoms with E-state index in [0.29, 0.717) is 5.56 Å². The minimum Gasteiger partial charge on any atom is -0.297 e. The Labute approximate surface area is 106 Å². The Morgan fingerprint density at radius 3 is 2.39 bits per heavy atom. The minimum atomic E-state index is -2.54. The molecule has 0 spiro atoms. The molecule has 1 aliphatic rings. The van der Waals surface area contributed by atoms with Gasteiger partial charge in [0, 0.05) is 17.2 Å². The van der Waals surface area contributed by atoms with Crippen LogP contribution in [0.25, 0.3) is 0 Å². The summed E-state index contributed by atoms with van der Waals surface area (Å²) in [5.74, 6) is -0.391. The highest BCUT2D eigenvalue weighted by atomic mass is 19.3. The lowest BCUT2D eigenvalue weighted by molar-refractivity contribution is 0.149. The Hall–Kier alpha value is -1.03. The lowest BCUT2D eigenvalue weighted by Crippen LogP contribution is -2.32. The molecule has 1 atom stereocenters. The topological polar surface area (TPSA) is 3.24 Å². The van der Waals surface area contributed by atoms with Gasteiger partial charge in [-0.1, -0.05) is 12.5 Å². The molecule has 1 saturated heterocycles. The Balaban J connectivity index is 2.22. The fourth-order valence-corrected chi connectivity index (χ4v) is 2.52. The van der Waals surface area contributed by atoms with Crippen LogP contribution >= 0.6 is 0 Å². The predicted octanol–water partition coefficient (Wildman–Crippen LogP) is 4.31. The van der Waals surface area contributed by atoms with E-state index in [9.17, 15) is 13.2 Å². The fourth-order valence-electron chi connectivity index (χ4n) is 2.52. The summed E-state index contributed by atoms with van der Waals surface area (Å²) in [5, 5.41) is 0. The molecule has 0 amide bonds. The monoisotopic (exact) mass is 257 g/mol. The van der Waals surface area contributed by atoms with Crippen molar-refractivity contribution in [3.8, 4) is 0 Å². The van der Waals surface area contributed by atoms with Gasteiger partial charge in [0.2, 0.25) is 0 Å². The zero-order valence-corrected chi connectivity index (χ0v) is 10.5. The molecular weight excluding hydrogens is 239 g/mol. The summed E-state index contributed by atoms with van der Waals surface area (Å²) in [6.45, 7) is 3.72. The molecule has 18 heavy (non-hydrogen) atoms. The van der Waals surface area contributed by atoms with Gasteiger partial charge in [-0.2, -0.15) is 0 Å². The number of benzene rings is 1. The van der Waals surface area contributed by atoms with Crippen LogP contribution in [0.5, 0.6) is 0 Å². The molecule has 0 radical (unpaired) electrons. The smallest absolute Gasteiger partial charge is 0.263 e. The minimum absolute atomic E-state index is 0.102. The lowest BCUT2D eigenvalue weighted by Gasteiger charge is -2.32. The van der Waals surface area contributed by atoms with Crippen molar-refractivity contribution < 1.29 is 13.2 Å². The normalized spacial score (nSPS) is 19.2. The van der Waals surface area contributed by atoms with E-state index < -0.39 is 12.2 Å². The molecule has 2 rings (SSSR count). The van der Waals surface area contributed by atoms with Gasteiger partial charge in [0.1, 0.15) is 5.82 Å². The average Bonchev–Trinajstić information content (AvgIpc) is 2.39. The van der Waals surface area contributed by atoms with Crippen molar-refractivity contribution in [2.45, 2.75) is 38.7 Å². The van der Waals surface area contributed by atoms with Crippen molar-refractivity contribution in [1.82, 2.24) is 4.90 Å². The highest BCUT2D eigenvalue weighted by Gasteiger charge is 2.22. The van der Waals surface area contributed by atoms with Crippen molar-refractivity contribution in [2.24, 2.45) is 0 Å². The van der Waals surface area contributed by atoms with E-state index in [2.05, 4.69) is 4.90 Å². The summed E-state index contributed by atoms with van der Waals surface area (Å²) < 4.78 is 39.1. The molecule has 0 aliphatic carbocycles. The molecule has 1 fully saturated rings. The summed E-state index contributed by atoms with van der Waals surface area (Å²) >= 11 is 0. The SMILES string of the molecule is C[C@H](c1cc(C(F)F)ccc1F)N1CCCCC1. The van der Waals surface area contributed by atoms with Gasteiger partial charge in [0.25, 0.3) is 6.43 Å². The Kier molecular flexibility index (Phi) is 4.27. The molecule has 0 N–H and O–H groups in total. The van der Waals surface area contributed by atoms with Crippen LogP contribution < -0.4 is 0 Å². The number of hydrogen-bond donors (Lipinski definition) is 0. The van der Waals surface area contributed by atoms with Crippen LogP contribution in [-0.4, -0.2) is 18.0 Å². The van der Waals surface area contributed by atoms with Crippen molar-refractivity contribution in [3.63, 3.8) is 0 Å². The number of hydrogen-bond acceptors (Lipinski definition) is 1. The molecular formula is C14H18F3N. The second-order valence-corrected chi connectivity index (χ2v) is 4.85. The van der Waals surface area contributed by atoms with Gasteiger partial charge >= 0.3 is 0 Å². The summed E-state index contributed by atoms with van der Waals surface area (Å²) in [6, 6.07) is 3.48. The van der Waals surface area contributed by atoms with E-state index in [0.717, 1.165) is 38.1 Å². The largest absolute Gasteiger partial charge is 0.297 e. The van der Waals surface area contributed by atoms with Gasteiger partial charge in [-0.3, -0.25) is 4.90 Å². The molecule has 1 aromatic carbocycles. The maximum atomic E-state index is 13.8. The molecule has 0 saturated carbocycles. The summed E-state index contributed by atoms with van der Waals surface area (Å²) in [5.41, 5.74) is 0.282. The average molecular weight is 257 g/mol. The number of alkyl halides is 2. The second kappa shape index (κ2) is 5.74. The Bertz CT molecular complexity index is 400. The van der Waals surface area contributed by atoms with E-state index in [1.54, 1.807) is 0 Å². The molecule has 0 bridgehead atoms. The molecule has 0 aromatic heterocycles. The third-order valence-electron chi connectivity index (χ3n) is 3.66. The first kappa shape index (κ1) is 13.4. The van der Waals surface area contributed by atoms with Gasteiger partial charge < -0.3 is 0 Å². The van der Waals surface area contributed by atoms with Crippen LogP contribution in [-0.2, 0) is 0 Å². The maximum absolute atomic E-state index is 13.8. The Morgan fingerprint density at radius 2 is 1.78 bits per heavy atom. The van der Waals surface area contributed by atoms with E-state index in [-0.39, 0.29) is 11.6 Å². The molecule has 1 aliphatic heterocycles.